The maximum atomic E-state index is 6.43. The van der Waals surface area contributed by atoms with E-state index < -0.39 is 0 Å². The molecular formula is C27H21NO3. The number of aromatic nitrogens is 1. The van der Waals surface area contributed by atoms with E-state index in [1.54, 1.807) is 14.2 Å². The van der Waals surface area contributed by atoms with E-state index in [-0.39, 0.29) is 0 Å². The first kappa shape index (κ1) is 18.9. The van der Waals surface area contributed by atoms with Crippen LogP contribution in [0.1, 0.15) is 0 Å². The second kappa shape index (κ2) is 8.00. The molecule has 0 atom stereocenters. The highest BCUT2D eigenvalue weighted by molar-refractivity contribution is 5.96. The fourth-order valence-corrected chi connectivity index (χ4v) is 3.89. The van der Waals surface area contributed by atoms with E-state index in [9.17, 15) is 0 Å². The molecule has 1 heterocycles. The highest BCUT2D eigenvalue weighted by Gasteiger charge is 2.24. The van der Waals surface area contributed by atoms with E-state index in [4.69, 9.17) is 18.9 Å². The van der Waals surface area contributed by atoms with Gasteiger partial charge in [0.15, 0.2) is 5.76 Å². The van der Waals surface area contributed by atoms with Gasteiger partial charge in [0.05, 0.1) is 19.8 Å². The van der Waals surface area contributed by atoms with Crippen molar-refractivity contribution in [1.82, 2.24) is 4.98 Å². The molecule has 4 nitrogen and oxygen atoms in total. The third-order valence-electron chi connectivity index (χ3n) is 5.35. The largest absolute Gasteiger partial charge is 0.496 e. The van der Waals surface area contributed by atoms with Crippen molar-refractivity contribution in [2.75, 3.05) is 14.2 Å². The highest BCUT2D eigenvalue weighted by atomic mass is 16.5. The van der Waals surface area contributed by atoms with Crippen LogP contribution in [0.4, 0.5) is 0 Å². The Bertz CT molecular complexity index is 1330. The maximum Gasteiger partial charge on any atom is 0.227 e. The van der Waals surface area contributed by atoms with E-state index >= 15 is 0 Å². The fourth-order valence-electron chi connectivity index (χ4n) is 3.89. The van der Waals surface area contributed by atoms with Gasteiger partial charge in [0, 0.05) is 11.1 Å². The molecule has 0 amide bonds. The first-order valence-electron chi connectivity index (χ1n) is 10.1. The number of oxazole rings is 1. The third kappa shape index (κ3) is 3.32. The van der Waals surface area contributed by atoms with Gasteiger partial charge in [0.25, 0.3) is 0 Å². The Labute approximate surface area is 180 Å². The Hall–Kier alpha value is -4.05. The lowest BCUT2D eigenvalue weighted by atomic mass is 10.0. The van der Waals surface area contributed by atoms with E-state index in [2.05, 4.69) is 18.2 Å². The zero-order chi connectivity index (χ0) is 21.2. The predicted octanol–water partition coefficient (Wildman–Crippen LogP) is 6.85. The summed E-state index contributed by atoms with van der Waals surface area (Å²) in [7, 11) is 3.29. The standard InChI is InChI=1S/C27H21NO3/c1-29-22-16-9-17-23(30-2)24(22)25-26(19-11-4-3-5-12-19)31-27(28-25)21-15-8-13-18-10-6-7-14-20(18)21/h3-17H,1-2H3. The Morgan fingerprint density at radius 3 is 2.06 bits per heavy atom. The summed E-state index contributed by atoms with van der Waals surface area (Å²) in [5, 5.41) is 2.22. The van der Waals surface area contributed by atoms with Gasteiger partial charge in [0.1, 0.15) is 17.2 Å². The van der Waals surface area contributed by atoms with Crippen molar-refractivity contribution in [2.24, 2.45) is 0 Å². The number of rotatable bonds is 5. The quantitative estimate of drug-likeness (QED) is 0.320. The SMILES string of the molecule is COc1cccc(OC)c1-c1nc(-c2cccc3ccccc23)oc1-c1ccccc1. The van der Waals surface area contributed by atoms with Gasteiger partial charge < -0.3 is 13.9 Å². The monoisotopic (exact) mass is 407 g/mol. The molecule has 0 saturated carbocycles. The number of ether oxygens (including phenoxy) is 2. The molecule has 0 aliphatic carbocycles. The summed E-state index contributed by atoms with van der Waals surface area (Å²) in [6.45, 7) is 0. The van der Waals surface area contributed by atoms with Crippen molar-refractivity contribution in [3.05, 3.63) is 91.0 Å². The Balaban J connectivity index is 1.81. The summed E-state index contributed by atoms with van der Waals surface area (Å²) >= 11 is 0. The van der Waals surface area contributed by atoms with Crippen molar-refractivity contribution in [2.45, 2.75) is 0 Å². The van der Waals surface area contributed by atoms with Gasteiger partial charge in [-0.25, -0.2) is 4.98 Å². The zero-order valence-electron chi connectivity index (χ0n) is 17.3. The van der Waals surface area contributed by atoms with Gasteiger partial charge in [-0.05, 0) is 29.0 Å². The second-order valence-electron chi connectivity index (χ2n) is 7.13. The van der Waals surface area contributed by atoms with Crippen molar-refractivity contribution in [3.63, 3.8) is 0 Å². The van der Waals surface area contributed by atoms with E-state index in [0.29, 0.717) is 28.8 Å². The summed E-state index contributed by atoms with van der Waals surface area (Å²) < 4.78 is 17.7. The smallest absolute Gasteiger partial charge is 0.227 e. The normalized spacial score (nSPS) is 10.9. The Morgan fingerprint density at radius 1 is 0.677 bits per heavy atom. The number of hydrogen-bond donors (Lipinski definition) is 0. The molecule has 0 aliphatic heterocycles. The van der Waals surface area contributed by atoms with Crippen molar-refractivity contribution in [1.29, 1.82) is 0 Å². The van der Waals surface area contributed by atoms with E-state index in [1.807, 2.05) is 72.8 Å². The van der Waals surface area contributed by atoms with Gasteiger partial charge in [-0.15, -0.1) is 0 Å². The molecule has 0 aliphatic rings. The molecule has 0 bridgehead atoms. The molecule has 5 rings (SSSR count). The Morgan fingerprint density at radius 2 is 1.32 bits per heavy atom. The number of benzene rings is 4. The molecule has 0 saturated heterocycles. The summed E-state index contributed by atoms with van der Waals surface area (Å²) in [5.41, 5.74) is 3.32. The number of hydrogen-bond acceptors (Lipinski definition) is 4. The van der Waals surface area contributed by atoms with Gasteiger partial charge in [-0.3, -0.25) is 0 Å². The minimum atomic E-state index is 0.554. The van der Waals surface area contributed by atoms with Crippen LogP contribution in [0.3, 0.4) is 0 Å². The van der Waals surface area contributed by atoms with Crippen LogP contribution in [0.25, 0.3) is 44.8 Å². The molecule has 0 fully saturated rings. The Kier molecular flexibility index (Phi) is 4.89. The molecule has 0 N–H and O–H groups in total. The lowest BCUT2D eigenvalue weighted by Gasteiger charge is -2.12. The number of nitrogens with zero attached hydrogens (tertiary/aromatic N) is 1. The number of fused-ring (bicyclic) bond motifs is 1. The van der Waals surface area contributed by atoms with Crippen LogP contribution >= 0.6 is 0 Å². The molecular weight excluding hydrogens is 386 g/mol. The molecule has 1 aromatic heterocycles. The molecule has 4 heteroatoms. The zero-order valence-corrected chi connectivity index (χ0v) is 17.3. The molecule has 0 radical (unpaired) electrons. The van der Waals surface area contributed by atoms with Crippen LogP contribution < -0.4 is 9.47 Å². The highest BCUT2D eigenvalue weighted by Crippen LogP contribution is 2.44. The minimum Gasteiger partial charge on any atom is -0.496 e. The van der Waals surface area contributed by atoms with Gasteiger partial charge in [-0.2, -0.15) is 0 Å². The van der Waals surface area contributed by atoms with Crippen LogP contribution in [-0.2, 0) is 0 Å². The summed E-state index contributed by atoms with van der Waals surface area (Å²) in [4.78, 5) is 4.97. The molecule has 152 valence electrons. The number of methoxy groups -OCH3 is 2. The summed E-state index contributed by atoms with van der Waals surface area (Å²) in [5.74, 6) is 2.58. The van der Waals surface area contributed by atoms with Crippen molar-refractivity contribution < 1.29 is 13.9 Å². The minimum absolute atomic E-state index is 0.554. The molecule has 5 aromatic rings. The first-order valence-corrected chi connectivity index (χ1v) is 10.1. The van der Waals surface area contributed by atoms with Crippen molar-refractivity contribution in [3.8, 4) is 45.5 Å². The first-order chi connectivity index (χ1) is 15.3. The average molecular weight is 407 g/mol. The van der Waals surface area contributed by atoms with Crippen LogP contribution in [-0.4, -0.2) is 19.2 Å². The molecule has 0 spiro atoms. The van der Waals surface area contributed by atoms with Gasteiger partial charge in [0.2, 0.25) is 5.89 Å². The van der Waals surface area contributed by atoms with Crippen LogP contribution in [0.15, 0.2) is 95.4 Å². The molecule has 4 aromatic carbocycles. The maximum absolute atomic E-state index is 6.43. The van der Waals surface area contributed by atoms with E-state index in [0.717, 1.165) is 27.5 Å². The van der Waals surface area contributed by atoms with Crippen LogP contribution in [0, 0.1) is 0 Å². The molecule has 0 unspecified atom stereocenters. The molecule has 31 heavy (non-hydrogen) atoms. The summed E-state index contributed by atoms with van der Waals surface area (Å²) in [6.07, 6.45) is 0. The average Bonchev–Trinajstić information content (AvgIpc) is 3.28. The second-order valence-corrected chi connectivity index (χ2v) is 7.13. The van der Waals surface area contributed by atoms with Crippen LogP contribution in [0.2, 0.25) is 0 Å². The fraction of sp³-hybridized carbons (Fsp3) is 0.0741. The van der Waals surface area contributed by atoms with Crippen LogP contribution in [0.5, 0.6) is 11.5 Å². The van der Waals surface area contributed by atoms with E-state index in [1.165, 1.54) is 0 Å². The topological polar surface area (TPSA) is 44.5 Å². The third-order valence-corrected chi connectivity index (χ3v) is 5.35. The van der Waals surface area contributed by atoms with Crippen molar-refractivity contribution >= 4 is 10.8 Å². The van der Waals surface area contributed by atoms with Gasteiger partial charge in [-0.1, -0.05) is 72.8 Å². The lowest BCUT2D eigenvalue weighted by molar-refractivity contribution is 0.397. The summed E-state index contributed by atoms with van der Waals surface area (Å²) in [6, 6.07) is 30.0. The van der Waals surface area contributed by atoms with Gasteiger partial charge >= 0.3 is 0 Å². The predicted molar refractivity (Wildman–Crippen MR) is 123 cm³/mol. The lowest BCUT2D eigenvalue weighted by Crippen LogP contribution is -1.94.